The monoisotopic (exact) mass is 368 g/mol. The third-order valence-electron chi connectivity index (χ3n) is 4.75. The van der Waals surface area contributed by atoms with Crippen LogP contribution in [-0.2, 0) is 11.2 Å². The molecule has 0 spiro atoms. The summed E-state index contributed by atoms with van der Waals surface area (Å²) in [7, 11) is 3.17. The van der Waals surface area contributed by atoms with Gasteiger partial charge in [0, 0.05) is 26.2 Å². The lowest BCUT2D eigenvalue weighted by atomic mass is 10.1. The summed E-state index contributed by atoms with van der Waals surface area (Å²) >= 11 is 0. The van der Waals surface area contributed by atoms with Crippen molar-refractivity contribution in [1.82, 2.24) is 9.80 Å². The fraction of sp³-hybridized carbons (Fsp3) is 0.333. The van der Waals surface area contributed by atoms with E-state index in [0.717, 1.165) is 11.3 Å². The number of para-hydroxylation sites is 1. The van der Waals surface area contributed by atoms with Gasteiger partial charge < -0.3 is 19.3 Å². The van der Waals surface area contributed by atoms with Gasteiger partial charge in [-0.2, -0.15) is 0 Å². The number of nitrogens with zero attached hydrogens (tertiary/aromatic N) is 2. The minimum atomic E-state index is -0.0626. The molecular weight excluding hydrogens is 344 g/mol. The fourth-order valence-corrected chi connectivity index (χ4v) is 3.22. The SMILES string of the molecule is COc1cccc(CC(=O)N2CCN(C(=O)c3ccccc3OC)CC2)c1. The highest BCUT2D eigenvalue weighted by molar-refractivity contribution is 5.97. The number of ether oxygens (including phenoxy) is 2. The number of carbonyl (C=O) groups excluding carboxylic acids is 2. The minimum Gasteiger partial charge on any atom is -0.497 e. The number of piperazine rings is 1. The Hall–Kier alpha value is -3.02. The van der Waals surface area contributed by atoms with Crippen LogP contribution in [0.5, 0.6) is 11.5 Å². The van der Waals surface area contributed by atoms with Gasteiger partial charge in [0.05, 0.1) is 26.2 Å². The number of methoxy groups -OCH3 is 2. The first-order chi connectivity index (χ1) is 13.1. The molecule has 2 amide bonds. The molecule has 0 unspecified atom stereocenters. The van der Waals surface area contributed by atoms with Crippen LogP contribution in [0.1, 0.15) is 15.9 Å². The number of hydrogen-bond donors (Lipinski definition) is 0. The molecule has 0 aromatic heterocycles. The highest BCUT2D eigenvalue weighted by Crippen LogP contribution is 2.20. The smallest absolute Gasteiger partial charge is 0.257 e. The molecular formula is C21H24N2O4. The highest BCUT2D eigenvalue weighted by atomic mass is 16.5. The second kappa shape index (κ2) is 8.58. The predicted octanol–water partition coefficient (Wildman–Crippen LogP) is 2.23. The van der Waals surface area contributed by atoms with Gasteiger partial charge in [-0.25, -0.2) is 0 Å². The molecule has 0 N–H and O–H groups in total. The van der Waals surface area contributed by atoms with E-state index in [4.69, 9.17) is 9.47 Å². The van der Waals surface area contributed by atoms with Gasteiger partial charge in [-0.1, -0.05) is 24.3 Å². The lowest BCUT2D eigenvalue weighted by Gasteiger charge is -2.35. The summed E-state index contributed by atoms with van der Waals surface area (Å²) in [6, 6.07) is 14.7. The molecule has 0 radical (unpaired) electrons. The van der Waals surface area contributed by atoms with Gasteiger partial charge in [0.2, 0.25) is 5.91 Å². The van der Waals surface area contributed by atoms with Crippen molar-refractivity contribution in [3.8, 4) is 11.5 Å². The topological polar surface area (TPSA) is 59.1 Å². The van der Waals surface area contributed by atoms with Crippen LogP contribution in [0.25, 0.3) is 0 Å². The maximum atomic E-state index is 12.7. The second-order valence-corrected chi connectivity index (χ2v) is 6.40. The van der Waals surface area contributed by atoms with E-state index in [1.807, 2.05) is 41.3 Å². The van der Waals surface area contributed by atoms with E-state index in [1.165, 1.54) is 0 Å². The zero-order valence-electron chi connectivity index (χ0n) is 15.7. The Kier molecular flexibility index (Phi) is 5.96. The van der Waals surface area contributed by atoms with Crippen molar-refractivity contribution >= 4 is 11.8 Å². The van der Waals surface area contributed by atoms with Gasteiger partial charge in [0.15, 0.2) is 0 Å². The Labute approximate surface area is 159 Å². The van der Waals surface area contributed by atoms with E-state index in [0.29, 0.717) is 43.9 Å². The maximum absolute atomic E-state index is 12.7. The Morgan fingerprint density at radius 1 is 0.889 bits per heavy atom. The normalized spacial score (nSPS) is 14.0. The van der Waals surface area contributed by atoms with Crippen LogP contribution in [0.15, 0.2) is 48.5 Å². The molecule has 1 saturated heterocycles. The molecule has 142 valence electrons. The van der Waals surface area contributed by atoms with E-state index < -0.39 is 0 Å². The number of carbonyl (C=O) groups is 2. The minimum absolute atomic E-state index is 0.0626. The lowest BCUT2D eigenvalue weighted by molar-refractivity contribution is -0.131. The molecule has 0 bridgehead atoms. The first-order valence-electron chi connectivity index (χ1n) is 8.95. The van der Waals surface area contributed by atoms with E-state index >= 15 is 0 Å². The summed E-state index contributed by atoms with van der Waals surface area (Å²) < 4.78 is 10.5. The molecule has 6 nitrogen and oxygen atoms in total. The maximum Gasteiger partial charge on any atom is 0.257 e. The molecule has 2 aromatic rings. The summed E-state index contributed by atoms with van der Waals surface area (Å²) in [4.78, 5) is 28.9. The molecule has 1 aliphatic rings. The van der Waals surface area contributed by atoms with E-state index in [2.05, 4.69) is 0 Å². The van der Waals surface area contributed by atoms with Crippen LogP contribution >= 0.6 is 0 Å². The third-order valence-corrected chi connectivity index (χ3v) is 4.75. The van der Waals surface area contributed by atoms with Crippen molar-refractivity contribution in [2.75, 3.05) is 40.4 Å². The van der Waals surface area contributed by atoms with Crippen molar-refractivity contribution in [3.63, 3.8) is 0 Å². The number of benzene rings is 2. The first kappa shape index (κ1) is 18.8. The Balaban J connectivity index is 1.58. The first-order valence-corrected chi connectivity index (χ1v) is 8.95. The van der Waals surface area contributed by atoms with Gasteiger partial charge in [0.1, 0.15) is 11.5 Å². The van der Waals surface area contributed by atoms with E-state index in [1.54, 1.807) is 31.3 Å². The molecule has 0 aliphatic carbocycles. The van der Waals surface area contributed by atoms with Crippen molar-refractivity contribution in [1.29, 1.82) is 0 Å². The standard InChI is InChI=1S/C21H24N2O4/c1-26-17-7-5-6-16(14-17)15-20(24)22-10-12-23(13-11-22)21(25)18-8-3-4-9-19(18)27-2/h3-9,14H,10-13,15H2,1-2H3. The van der Waals surface area contributed by atoms with Crippen molar-refractivity contribution in [3.05, 3.63) is 59.7 Å². The van der Waals surface area contributed by atoms with Crippen LogP contribution in [-0.4, -0.2) is 62.0 Å². The quantitative estimate of drug-likeness (QED) is 0.812. The van der Waals surface area contributed by atoms with E-state index in [9.17, 15) is 9.59 Å². The largest absolute Gasteiger partial charge is 0.497 e. The summed E-state index contributed by atoms with van der Waals surface area (Å²) in [5.41, 5.74) is 1.48. The molecule has 0 saturated carbocycles. The van der Waals surface area contributed by atoms with E-state index in [-0.39, 0.29) is 11.8 Å². The molecule has 1 heterocycles. The Morgan fingerprint density at radius 3 is 2.30 bits per heavy atom. The van der Waals surface area contributed by atoms with Gasteiger partial charge in [0.25, 0.3) is 5.91 Å². The molecule has 1 aliphatic heterocycles. The molecule has 3 rings (SSSR count). The average molecular weight is 368 g/mol. The summed E-state index contributed by atoms with van der Waals surface area (Å²) in [6.45, 7) is 2.09. The van der Waals surface area contributed by atoms with Crippen molar-refractivity contribution in [2.45, 2.75) is 6.42 Å². The zero-order valence-corrected chi connectivity index (χ0v) is 15.7. The zero-order chi connectivity index (χ0) is 19.2. The van der Waals surface area contributed by atoms with Crippen LogP contribution < -0.4 is 9.47 Å². The molecule has 1 fully saturated rings. The summed E-state index contributed by atoms with van der Waals surface area (Å²) in [5, 5.41) is 0. The van der Waals surface area contributed by atoms with Crippen molar-refractivity contribution in [2.24, 2.45) is 0 Å². The lowest BCUT2D eigenvalue weighted by Crippen LogP contribution is -2.51. The highest BCUT2D eigenvalue weighted by Gasteiger charge is 2.26. The predicted molar refractivity (Wildman–Crippen MR) is 102 cm³/mol. The Bertz CT molecular complexity index is 813. The van der Waals surface area contributed by atoms with Crippen LogP contribution in [0.2, 0.25) is 0 Å². The van der Waals surface area contributed by atoms with Gasteiger partial charge in [-0.15, -0.1) is 0 Å². The summed E-state index contributed by atoms with van der Waals surface area (Å²) in [5.74, 6) is 1.31. The van der Waals surface area contributed by atoms with Gasteiger partial charge in [-0.3, -0.25) is 9.59 Å². The van der Waals surface area contributed by atoms with Gasteiger partial charge in [-0.05, 0) is 29.8 Å². The van der Waals surface area contributed by atoms with Crippen LogP contribution in [0, 0.1) is 0 Å². The number of hydrogen-bond acceptors (Lipinski definition) is 4. The molecule has 0 atom stereocenters. The molecule has 2 aromatic carbocycles. The Morgan fingerprint density at radius 2 is 1.59 bits per heavy atom. The van der Waals surface area contributed by atoms with Gasteiger partial charge >= 0.3 is 0 Å². The number of rotatable bonds is 5. The molecule has 27 heavy (non-hydrogen) atoms. The fourth-order valence-electron chi connectivity index (χ4n) is 3.22. The van der Waals surface area contributed by atoms with Crippen molar-refractivity contribution < 1.29 is 19.1 Å². The third kappa shape index (κ3) is 4.39. The molecule has 6 heteroatoms. The van der Waals surface area contributed by atoms with Crippen LogP contribution in [0.4, 0.5) is 0 Å². The second-order valence-electron chi connectivity index (χ2n) is 6.40. The average Bonchev–Trinajstić information content (AvgIpc) is 2.73. The van der Waals surface area contributed by atoms with Crippen LogP contribution in [0.3, 0.4) is 0 Å². The number of amides is 2. The summed E-state index contributed by atoms with van der Waals surface area (Å²) in [6.07, 6.45) is 0.331.